The van der Waals surface area contributed by atoms with Crippen molar-refractivity contribution in [2.75, 3.05) is 5.01 Å². The molecule has 27 heavy (non-hydrogen) atoms. The fraction of sp³-hybridized carbons (Fsp3) is 0.500. The molecule has 0 saturated carbocycles. The number of amides is 3. The van der Waals surface area contributed by atoms with Gasteiger partial charge in [-0.15, -0.1) is 0 Å². The molecule has 0 aliphatic carbocycles. The Bertz CT molecular complexity index is 631. The highest BCUT2D eigenvalue weighted by molar-refractivity contribution is 6.03. The number of hydrogen-bond donors (Lipinski definition) is 1. The zero-order valence-corrected chi connectivity index (χ0v) is 16.0. The molecule has 7 nitrogen and oxygen atoms in total. The van der Waals surface area contributed by atoms with Gasteiger partial charge in [0, 0.05) is 26.7 Å². The Balaban J connectivity index is 2.59. The Labute approximate surface area is 159 Å². The summed E-state index contributed by atoms with van der Waals surface area (Å²) in [4.78, 5) is 47.0. The Kier molecular flexibility index (Phi) is 9.79. The summed E-state index contributed by atoms with van der Waals surface area (Å²) >= 11 is 0. The highest BCUT2D eigenvalue weighted by Gasteiger charge is 2.28. The van der Waals surface area contributed by atoms with Crippen molar-refractivity contribution in [3.63, 3.8) is 0 Å². The number of benzene rings is 1. The second-order valence-electron chi connectivity index (χ2n) is 6.41. The SMILES string of the molecule is CC(=O)N(C(C)=O)N(C(=O)CCCCCCCCC(=O)O)c1ccccc1. The molecular formula is C20H28N2O5. The normalized spacial score (nSPS) is 10.3. The van der Waals surface area contributed by atoms with Crippen LogP contribution in [0, 0.1) is 0 Å². The van der Waals surface area contributed by atoms with Gasteiger partial charge in [-0.25, -0.2) is 5.01 Å². The number of hydrogen-bond acceptors (Lipinski definition) is 4. The van der Waals surface area contributed by atoms with E-state index < -0.39 is 17.8 Å². The molecule has 0 saturated heterocycles. The van der Waals surface area contributed by atoms with Crippen LogP contribution in [-0.4, -0.2) is 33.8 Å². The predicted molar refractivity (Wildman–Crippen MR) is 102 cm³/mol. The zero-order chi connectivity index (χ0) is 20.2. The van der Waals surface area contributed by atoms with Gasteiger partial charge in [0.25, 0.3) is 0 Å². The first-order valence-corrected chi connectivity index (χ1v) is 9.25. The average Bonchev–Trinajstić information content (AvgIpc) is 2.61. The van der Waals surface area contributed by atoms with Crippen LogP contribution in [-0.2, 0) is 19.2 Å². The van der Waals surface area contributed by atoms with Gasteiger partial charge in [-0.05, 0) is 25.0 Å². The fourth-order valence-electron chi connectivity index (χ4n) is 2.81. The van der Waals surface area contributed by atoms with Crippen LogP contribution in [0.2, 0.25) is 0 Å². The topological polar surface area (TPSA) is 95.0 Å². The molecule has 0 spiro atoms. The summed E-state index contributed by atoms with van der Waals surface area (Å²) in [6.45, 7) is 2.50. The van der Waals surface area contributed by atoms with E-state index in [1.54, 1.807) is 30.3 Å². The molecule has 3 amide bonds. The van der Waals surface area contributed by atoms with Gasteiger partial charge in [0.15, 0.2) is 0 Å². The monoisotopic (exact) mass is 376 g/mol. The number of carboxylic acid groups (broad SMARTS) is 1. The summed E-state index contributed by atoms with van der Waals surface area (Å²) in [5.74, 6) is -2.11. The maximum absolute atomic E-state index is 12.7. The number of aliphatic carboxylic acids is 1. The van der Waals surface area contributed by atoms with Crippen LogP contribution in [0.15, 0.2) is 30.3 Å². The third-order valence-electron chi connectivity index (χ3n) is 4.06. The van der Waals surface area contributed by atoms with Gasteiger partial charge in [-0.2, -0.15) is 5.01 Å². The van der Waals surface area contributed by atoms with Gasteiger partial charge >= 0.3 is 5.97 Å². The lowest BCUT2D eigenvalue weighted by Gasteiger charge is -2.31. The van der Waals surface area contributed by atoms with E-state index in [4.69, 9.17) is 5.11 Å². The van der Waals surface area contributed by atoms with Gasteiger partial charge in [0.1, 0.15) is 0 Å². The van der Waals surface area contributed by atoms with Crippen molar-refractivity contribution < 1.29 is 24.3 Å². The first-order valence-electron chi connectivity index (χ1n) is 9.25. The lowest BCUT2D eigenvalue weighted by Crippen LogP contribution is -2.51. The number of carbonyl (C=O) groups is 4. The Morgan fingerprint density at radius 1 is 0.778 bits per heavy atom. The summed E-state index contributed by atoms with van der Waals surface area (Å²) in [7, 11) is 0. The van der Waals surface area contributed by atoms with Gasteiger partial charge in [-0.3, -0.25) is 19.2 Å². The van der Waals surface area contributed by atoms with Crippen molar-refractivity contribution in [1.29, 1.82) is 0 Å². The van der Waals surface area contributed by atoms with E-state index in [1.807, 2.05) is 0 Å². The molecule has 0 bridgehead atoms. The maximum atomic E-state index is 12.7. The van der Waals surface area contributed by atoms with Crippen molar-refractivity contribution in [1.82, 2.24) is 5.01 Å². The number of rotatable bonds is 10. The minimum atomic E-state index is -0.776. The Morgan fingerprint density at radius 3 is 1.74 bits per heavy atom. The standard InChI is InChI=1S/C20H28N2O5/c1-16(23)21(17(2)24)22(18-12-8-7-9-13-18)19(25)14-10-5-3-4-6-11-15-20(26)27/h7-9,12-13H,3-6,10-11,14-15H2,1-2H3,(H,26,27). The summed E-state index contributed by atoms with van der Waals surface area (Å²) in [5.41, 5.74) is 0.474. The highest BCUT2D eigenvalue weighted by Crippen LogP contribution is 2.19. The lowest BCUT2D eigenvalue weighted by atomic mass is 10.1. The summed E-state index contributed by atoms with van der Waals surface area (Å²) in [6.07, 6.45) is 5.27. The molecule has 0 aliphatic heterocycles. The molecule has 0 atom stereocenters. The van der Waals surface area contributed by atoms with E-state index in [0.717, 1.165) is 35.7 Å². The first-order chi connectivity index (χ1) is 12.8. The fourth-order valence-corrected chi connectivity index (χ4v) is 2.81. The number of unbranched alkanes of at least 4 members (excludes halogenated alkanes) is 5. The van der Waals surface area contributed by atoms with Gasteiger partial charge in [-0.1, -0.05) is 43.9 Å². The van der Waals surface area contributed by atoms with E-state index >= 15 is 0 Å². The minimum absolute atomic E-state index is 0.191. The molecule has 148 valence electrons. The predicted octanol–water partition coefficient (Wildman–Crippen LogP) is 3.54. The Morgan fingerprint density at radius 2 is 1.26 bits per heavy atom. The van der Waals surface area contributed by atoms with Crippen molar-refractivity contribution in [2.45, 2.75) is 65.2 Å². The van der Waals surface area contributed by atoms with E-state index in [9.17, 15) is 19.2 Å². The molecule has 1 N–H and O–H groups in total. The average molecular weight is 376 g/mol. The third kappa shape index (κ3) is 8.02. The molecule has 0 radical (unpaired) electrons. The highest BCUT2D eigenvalue weighted by atomic mass is 16.4. The smallest absolute Gasteiger partial charge is 0.303 e. The molecule has 1 aromatic carbocycles. The second-order valence-corrected chi connectivity index (χ2v) is 6.41. The lowest BCUT2D eigenvalue weighted by molar-refractivity contribution is -0.146. The first kappa shape index (κ1) is 22.3. The zero-order valence-electron chi connectivity index (χ0n) is 16.0. The van der Waals surface area contributed by atoms with Crippen LogP contribution in [0.3, 0.4) is 0 Å². The quantitative estimate of drug-likeness (QED) is 0.498. The number of imide groups is 1. The van der Waals surface area contributed by atoms with Gasteiger partial charge < -0.3 is 5.11 Å². The van der Waals surface area contributed by atoms with E-state index in [2.05, 4.69) is 0 Å². The molecule has 1 aromatic rings. The summed E-state index contributed by atoms with van der Waals surface area (Å²) in [5, 5.41) is 10.6. The molecule has 0 aliphatic rings. The summed E-state index contributed by atoms with van der Waals surface area (Å²) in [6, 6.07) is 8.64. The van der Waals surface area contributed by atoms with Crippen molar-refractivity contribution in [3.05, 3.63) is 30.3 Å². The molecule has 0 aromatic heterocycles. The van der Waals surface area contributed by atoms with Crippen LogP contribution in [0.4, 0.5) is 5.69 Å². The second kappa shape index (κ2) is 11.8. The van der Waals surface area contributed by atoms with Crippen molar-refractivity contribution >= 4 is 29.4 Å². The summed E-state index contributed by atoms with van der Waals surface area (Å²) < 4.78 is 0. The van der Waals surface area contributed by atoms with E-state index in [-0.39, 0.29) is 18.7 Å². The molecule has 0 fully saturated rings. The number of hydrazine groups is 1. The largest absolute Gasteiger partial charge is 0.481 e. The van der Waals surface area contributed by atoms with Crippen LogP contribution in [0.25, 0.3) is 0 Å². The van der Waals surface area contributed by atoms with Crippen LogP contribution < -0.4 is 5.01 Å². The molecule has 0 heterocycles. The number of nitrogens with zero attached hydrogens (tertiary/aromatic N) is 2. The van der Waals surface area contributed by atoms with Crippen molar-refractivity contribution in [2.24, 2.45) is 0 Å². The molecular weight excluding hydrogens is 348 g/mol. The molecule has 7 heteroatoms. The molecule has 0 unspecified atom stereocenters. The van der Waals surface area contributed by atoms with E-state index in [1.165, 1.54) is 13.8 Å². The van der Waals surface area contributed by atoms with Crippen LogP contribution in [0.1, 0.15) is 65.2 Å². The van der Waals surface area contributed by atoms with Crippen LogP contribution >= 0.6 is 0 Å². The van der Waals surface area contributed by atoms with Crippen molar-refractivity contribution in [3.8, 4) is 0 Å². The van der Waals surface area contributed by atoms with Gasteiger partial charge in [0.05, 0.1) is 5.69 Å². The third-order valence-corrected chi connectivity index (χ3v) is 4.06. The Hall–Kier alpha value is -2.70. The van der Waals surface area contributed by atoms with Crippen LogP contribution in [0.5, 0.6) is 0 Å². The number of carbonyl (C=O) groups excluding carboxylic acids is 3. The molecule has 1 rings (SSSR count). The van der Waals surface area contributed by atoms with Gasteiger partial charge in [0.2, 0.25) is 17.7 Å². The minimum Gasteiger partial charge on any atom is -0.481 e. The number of anilines is 1. The number of carboxylic acids is 1. The van der Waals surface area contributed by atoms with E-state index in [0.29, 0.717) is 18.5 Å². The maximum Gasteiger partial charge on any atom is 0.303 e. The number of para-hydroxylation sites is 1.